The molecule has 0 unspecified atom stereocenters. The highest BCUT2D eigenvalue weighted by Crippen LogP contribution is 2.21. The average Bonchev–Trinajstić information content (AvgIpc) is 2.29. The minimum atomic E-state index is -0.406. The molecule has 0 atom stereocenters. The SMILES string of the molecule is O=C(c1ccc(F)cc1)c1ncc(Cl)cc1Cl. The van der Waals surface area contributed by atoms with Gasteiger partial charge in [0.2, 0.25) is 5.78 Å². The standard InChI is InChI=1S/C12H6Cl2FNO/c13-8-5-10(14)11(16-6-8)12(17)7-1-3-9(15)4-2-7/h1-6H. The summed E-state index contributed by atoms with van der Waals surface area (Å²) in [7, 11) is 0. The molecule has 1 aromatic heterocycles. The molecular formula is C12H6Cl2FNO. The Labute approximate surface area is 107 Å². The van der Waals surface area contributed by atoms with Crippen LogP contribution in [-0.2, 0) is 0 Å². The summed E-state index contributed by atoms with van der Waals surface area (Å²) in [4.78, 5) is 15.8. The van der Waals surface area contributed by atoms with Crippen LogP contribution in [0.5, 0.6) is 0 Å². The van der Waals surface area contributed by atoms with Gasteiger partial charge in [0.25, 0.3) is 0 Å². The molecule has 0 saturated carbocycles. The van der Waals surface area contributed by atoms with E-state index in [1.54, 1.807) is 0 Å². The van der Waals surface area contributed by atoms with Crippen LogP contribution in [0.15, 0.2) is 36.5 Å². The molecule has 5 heteroatoms. The van der Waals surface area contributed by atoms with Gasteiger partial charge in [0.15, 0.2) is 0 Å². The zero-order valence-corrected chi connectivity index (χ0v) is 9.97. The summed E-state index contributed by atoms with van der Waals surface area (Å²) in [5, 5.41) is 0.525. The van der Waals surface area contributed by atoms with E-state index in [9.17, 15) is 9.18 Å². The summed E-state index contributed by atoms with van der Waals surface area (Å²) in [6.45, 7) is 0. The molecule has 0 fully saturated rings. The monoisotopic (exact) mass is 269 g/mol. The van der Waals surface area contributed by atoms with Gasteiger partial charge >= 0.3 is 0 Å². The van der Waals surface area contributed by atoms with Gasteiger partial charge in [-0.05, 0) is 30.3 Å². The summed E-state index contributed by atoms with van der Waals surface area (Å²) < 4.78 is 12.7. The molecule has 1 heterocycles. The zero-order valence-electron chi connectivity index (χ0n) is 8.45. The molecule has 0 aliphatic rings. The van der Waals surface area contributed by atoms with Crippen LogP contribution in [0.2, 0.25) is 10.0 Å². The van der Waals surface area contributed by atoms with Crippen LogP contribution in [0.3, 0.4) is 0 Å². The molecule has 0 saturated heterocycles. The molecule has 0 aliphatic heterocycles. The Kier molecular flexibility index (Phi) is 3.41. The van der Waals surface area contributed by atoms with Crippen molar-refractivity contribution in [2.75, 3.05) is 0 Å². The topological polar surface area (TPSA) is 30.0 Å². The third-order valence-electron chi connectivity index (χ3n) is 2.13. The van der Waals surface area contributed by atoms with Crippen LogP contribution in [0.4, 0.5) is 4.39 Å². The highest BCUT2D eigenvalue weighted by molar-refractivity contribution is 6.37. The van der Waals surface area contributed by atoms with Crippen LogP contribution in [0, 0.1) is 5.82 Å². The van der Waals surface area contributed by atoms with Crippen molar-refractivity contribution in [3.05, 3.63) is 63.6 Å². The van der Waals surface area contributed by atoms with Gasteiger partial charge in [0.05, 0.1) is 10.0 Å². The van der Waals surface area contributed by atoms with Crippen LogP contribution in [-0.4, -0.2) is 10.8 Å². The lowest BCUT2D eigenvalue weighted by Gasteiger charge is -2.02. The van der Waals surface area contributed by atoms with E-state index in [2.05, 4.69) is 4.98 Å². The third-order valence-corrected chi connectivity index (χ3v) is 2.62. The van der Waals surface area contributed by atoms with Crippen LogP contribution >= 0.6 is 23.2 Å². The Bertz CT molecular complexity index is 569. The van der Waals surface area contributed by atoms with E-state index in [4.69, 9.17) is 23.2 Å². The van der Waals surface area contributed by atoms with Crippen molar-refractivity contribution in [1.29, 1.82) is 0 Å². The van der Waals surface area contributed by atoms with Crippen molar-refractivity contribution in [3.8, 4) is 0 Å². The van der Waals surface area contributed by atoms with E-state index in [1.165, 1.54) is 36.5 Å². The first-order valence-corrected chi connectivity index (χ1v) is 5.45. The quantitative estimate of drug-likeness (QED) is 0.778. The lowest BCUT2D eigenvalue weighted by Crippen LogP contribution is -2.04. The van der Waals surface area contributed by atoms with Gasteiger partial charge in [-0.1, -0.05) is 23.2 Å². The first-order chi connectivity index (χ1) is 8.08. The normalized spacial score (nSPS) is 10.3. The predicted molar refractivity (Wildman–Crippen MR) is 64.1 cm³/mol. The number of aromatic nitrogens is 1. The van der Waals surface area contributed by atoms with Gasteiger partial charge in [0, 0.05) is 11.8 Å². The van der Waals surface area contributed by atoms with Crippen molar-refractivity contribution in [2.45, 2.75) is 0 Å². The molecule has 0 spiro atoms. The van der Waals surface area contributed by atoms with Gasteiger partial charge in [-0.15, -0.1) is 0 Å². The highest BCUT2D eigenvalue weighted by Gasteiger charge is 2.14. The smallest absolute Gasteiger partial charge is 0.212 e. The van der Waals surface area contributed by atoms with Gasteiger partial charge in [-0.2, -0.15) is 0 Å². The van der Waals surface area contributed by atoms with E-state index >= 15 is 0 Å². The Morgan fingerprint density at radius 1 is 1.18 bits per heavy atom. The number of carbonyl (C=O) groups excluding carboxylic acids is 1. The number of halogens is 3. The van der Waals surface area contributed by atoms with Crippen molar-refractivity contribution in [1.82, 2.24) is 4.98 Å². The molecular weight excluding hydrogens is 264 g/mol. The molecule has 0 bridgehead atoms. The fourth-order valence-corrected chi connectivity index (χ4v) is 1.79. The van der Waals surface area contributed by atoms with Crippen LogP contribution < -0.4 is 0 Å². The number of hydrogen-bond acceptors (Lipinski definition) is 2. The second-order valence-corrected chi connectivity index (χ2v) is 4.16. The second kappa shape index (κ2) is 4.82. The van der Waals surface area contributed by atoms with Gasteiger partial charge < -0.3 is 0 Å². The summed E-state index contributed by atoms with van der Waals surface area (Å²) in [5.74, 6) is -0.775. The Hall–Kier alpha value is -1.45. The molecule has 1 aromatic carbocycles. The average molecular weight is 270 g/mol. The largest absolute Gasteiger partial charge is 0.287 e. The predicted octanol–water partition coefficient (Wildman–Crippen LogP) is 3.76. The van der Waals surface area contributed by atoms with Gasteiger partial charge in [-0.3, -0.25) is 4.79 Å². The van der Waals surface area contributed by atoms with Gasteiger partial charge in [0.1, 0.15) is 11.5 Å². The number of nitrogens with zero attached hydrogens (tertiary/aromatic N) is 1. The minimum Gasteiger partial charge on any atom is -0.287 e. The summed E-state index contributed by atoms with van der Waals surface area (Å²) in [5.41, 5.74) is 0.422. The Morgan fingerprint density at radius 2 is 1.82 bits per heavy atom. The number of hydrogen-bond donors (Lipinski definition) is 0. The Balaban J connectivity index is 2.40. The van der Waals surface area contributed by atoms with E-state index in [1.807, 2.05) is 0 Å². The lowest BCUT2D eigenvalue weighted by atomic mass is 10.1. The lowest BCUT2D eigenvalue weighted by molar-refractivity contribution is 0.103. The van der Waals surface area contributed by atoms with Crippen LogP contribution in [0.25, 0.3) is 0 Å². The van der Waals surface area contributed by atoms with E-state index < -0.39 is 5.82 Å². The molecule has 17 heavy (non-hydrogen) atoms. The third kappa shape index (κ3) is 2.62. The fourth-order valence-electron chi connectivity index (χ4n) is 1.32. The summed E-state index contributed by atoms with van der Waals surface area (Å²) >= 11 is 11.5. The van der Waals surface area contributed by atoms with Crippen molar-refractivity contribution in [2.24, 2.45) is 0 Å². The molecule has 86 valence electrons. The molecule has 0 aliphatic carbocycles. The molecule has 2 aromatic rings. The van der Waals surface area contributed by atoms with Gasteiger partial charge in [-0.25, -0.2) is 9.37 Å². The van der Waals surface area contributed by atoms with Crippen molar-refractivity contribution >= 4 is 29.0 Å². The molecule has 2 rings (SSSR count). The number of pyridine rings is 1. The van der Waals surface area contributed by atoms with Crippen molar-refractivity contribution in [3.63, 3.8) is 0 Å². The maximum atomic E-state index is 12.7. The second-order valence-electron chi connectivity index (χ2n) is 3.32. The minimum absolute atomic E-state index is 0.0997. The zero-order chi connectivity index (χ0) is 12.4. The summed E-state index contributed by atoms with van der Waals surface area (Å²) in [6.07, 6.45) is 1.34. The molecule has 2 nitrogen and oxygen atoms in total. The number of carbonyl (C=O) groups is 1. The maximum absolute atomic E-state index is 12.7. The van der Waals surface area contributed by atoms with E-state index in [0.717, 1.165) is 0 Å². The first kappa shape index (κ1) is 12.0. The fraction of sp³-hybridized carbons (Fsp3) is 0. The Morgan fingerprint density at radius 3 is 2.41 bits per heavy atom. The maximum Gasteiger partial charge on any atom is 0.212 e. The summed E-state index contributed by atoms with van der Waals surface area (Å²) in [6, 6.07) is 6.61. The molecule has 0 amide bonds. The number of rotatable bonds is 2. The molecule has 0 N–H and O–H groups in total. The van der Waals surface area contributed by atoms with E-state index in [-0.39, 0.29) is 16.5 Å². The number of benzene rings is 1. The van der Waals surface area contributed by atoms with E-state index in [0.29, 0.717) is 10.6 Å². The van der Waals surface area contributed by atoms with Crippen LogP contribution in [0.1, 0.15) is 16.1 Å². The van der Waals surface area contributed by atoms with Crippen molar-refractivity contribution < 1.29 is 9.18 Å². The highest BCUT2D eigenvalue weighted by atomic mass is 35.5. The molecule has 0 radical (unpaired) electrons. The first-order valence-electron chi connectivity index (χ1n) is 4.69. The number of ketones is 1.